The molecule has 0 bridgehead atoms. The van der Waals surface area contributed by atoms with E-state index in [1.54, 1.807) is 0 Å². The average molecular weight is 176 g/mol. The van der Waals surface area contributed by atoms with E-state index in [9.17, 15) is 0 Å². The summed E-state index contributed by atoms with van der Waals surface area (Å²) >= 11 is 0. The van der Waals surface area contributed by atoms with Crippen LogP contribution in [0.4, 0.5) is 0 Å². The summed E-state index contributed by atoms with van der Waals surface area (Å²) in [6, 6.07) is 2.49. The van der Waals surface area contributed by atoms with E-state index < -0.39 is 0 Å². The van der Waals surface area contributed by atoms with Crippen molar-refractivity contribution in [1.82, 2.24) is 4.98 Å². The third kappa shape index (κ3) is 1.25. The Hall–Kier alpha value is -0.890. The van der Waals surface area contributed by atoms with E-state index in [0.717, 1.165) is 0 Å². The monoisotopic (exact) mass is 176 g/mol. The highest BCUT2D eigenvalue weighted by Gasteiger charge is 2.56. The highest BCUT2D eigenvalue weighted by atomic mass is 14.8. The Morgan fingerprint density at radius 2 is 2.00 bits per heavy atom. The van der Waals surface area contributed by atoms with Crippen molar-refractivity contribution < 1.29 is 0 Å². The van der Waals surface area contributed by atoms with Crippen LogP contribution < -0.4 is 5.73 Å². The van der Waals surface area contributed by atoms with Crippen LogP contribution in [0.2, 0.25) is 0 Å². The Morgan fingerprint density at radius 3 is 2.46 bits per heavy atom. The lowest BCUT2D eigenvalue weighted by Gasteiger charge is -2.02. The van der Waals surface area contributed by atoms with Gasteiger partial charge in [0.2, 0.25) is 0 Å². The molecule has 2 rings (SSSR count). The third-order valence-electron chi connectivity index (χ3n) is 3.17. The van der Waals surface area contributed by atoms with Gasteiger partial charge >= 0.3 is 0 Å². The molecule has 1 aromatic heterocycles. The van der Waals surface area contributed by atoms with E-state index in [1.807, 2.05) is 12.4 Å². The predicted molar refractivity (Wildman–Crippen MR) is 53.5 cm³/mol. The zero-order chi connectivity index (χ0) is 9.64. The number of hydrogen-bond donors (Lipinski definition) is 1. The molecule has 2 atom stereocenters. The Kier molecular flexibility index (Phi) is 1.70. The highest BCUT2D eigenvalue weighted by Crippen LogP contribution is 2.57. The predicted octanol–water partition coefficient (Wildman–Crippen LogP) is 1.84. The van der Waals surface area contributed by atoms with Crippen molar-refractivity contribution >= 4 is 0 Å². The van der Waals surface area contributed by atoms with E-state index in [1.165, 1.54) is 11.1 Å². The van der Waals surface area contributed by atoms with Gasteiger partial charge in [-0.1, -0.05) is 19.9 Å². The second-order valence-electron chi connectivity index (χ2n) is 4.62. The van der Waals surface area contributed by atoms with Crippen molar-refractivity contribution in [2.75, 3.05) is 0 Å². The van der Waals surface area contributed by atoms with Crippen molar-refractivity contribution in [3.05, 3.63) is 29.6 Å². The molecule has 2 nitrogen and oxygen atoms in total. The summed E-state index contributed by atoms with van der Waals surface area (Å²) in [5.41, 5.74) is 8.76. The zero-order valence-corrected chi connectivity index (χ0v) is 8.41. The first-order valence-electron chi connectivity index (χ1n) is 4.70. The first-order valence-corrected chi connectivity index (χ1v) is 4.70. The summed E-state index contributed by atoms with van der Waals surface area (Å²) in [5.74, 6) is 0.500. The standard InChI is InChI=1S/C11H16N2/c1-7-4-8(6-13-5-7)9-10(12)11(9,2)3/h4-6,9-10H,12H2,1-3H3/t9-,10-/m1/s1. The molecule has 1 aromatic rings. The molecule has 0 unspecified atom stereocenters. The quantitative estimate of drug-likeness (QED) is 0.709. The molecule has 1 aliphatic carbocycles. The van der Waals surface area contributed by atoms with Gasteiger partial charge in [0.1, 0.15) is 0 Å². The van der Waals surface area contributed by atoms with E-state index in [4.69, 9.17) is 5.73 Å². The van der Waals surface area contributed by atoms with Gasteiger partial charge in [-0.2, -0.15) is 0 Å². The molecular weight excluding hydrogens is 160 g/mol. The van der Waals surface area contributed by atoms with Crippen LogP contribution >= 0.6 is 0 Å². The molecule has 70 valence electrons. The average Bonchev–Trinajstić information content (AvgIpc) is 2.51. The molecule has 2 heteroatoms. The molecule has 1 aliphatic rings. The SMILES string of the molecule is Cc1cncc([C@@H]2[C@@H](N)C2(C)C)c1. The number of rotatable bonds is 1. The van der Waals surface area contributed by atoms with Crippen molar-refractivity contribution in [2.45, 2.75) is 32.7 Å². The number of aromatic nitrogens is 1. The van der Waals surface area contributed by atoms with Crippen LogP contribution in [0.1, 0.15) is 30.9 Å². The fraction of sp³-hybridized carbons (Fsp3) is 0.545. The highest BCUT2D eigenvalue weighted by molar-refractivity contribution is 5.33. The maximum absolute atomic E-state index is 6.00. The Balaban J connectivity index is 2.29. The van der Waals surface area contributed by atoms with E-state index >= 15 is 0 Å². The smallest absolute Gasteiger partial charge is 0.0303 e. The normalized spacial score (nSPS) is 30.2. The molecule has 2 N–H and O–H groups in total. The van der Waals surface area contributed by atoms with Gasteiger partial charge in [-0.3, -0.25) is 4.98 Å². The van der Waals surface area contributed by atoms with Crippen LogP contribution in [0.25, 0.3) is 0 Å². The van der Waals surface area contributed by atoms with Gasteiger partial charge in [0.05, 0.1) is 0 Å². The third-order valence-corrected chi connectivity index (χ3v) is 3.17. The summed E-state index contributed by atoms with van der Waals surface area (Å²) in [6.45, 7) is 6.49. The molecule has 13 heavy (non-hydrogen) atoms. The van der Waals surface area contributed by atoms with Crippen LogP contribution in [-0.4, -0.2) is 11.0 Å². The Bertz CT molecular complexity index is 331. The van der Waals surface area contributed by atoms with Crippen molar-refractivity contribution in [3.8, 4) is 0 Å². The number of nitrogens with two attached hydrogens (primary N) is 1. The first kappa shape index (κ1) is 8.70. The van der Waals surface area contributed by atoms with Gasteiger partial charge in [-0.05, 0) is 23.5 Å². The lowest BCUT2D eigenvalue weighted by atomic mass is 10.0. The first-order chi connectivity index (χ1) is 6.03. The molecule has 0 radical (unpaired) electrons. The Morgan fingerprint density at radius 1 is 1.38 bits per heavy atom. The molecule has 0 spiro atoms. The summed E-state index contributed by atoms with van der Waals surface area (Å²) in [6.07, 6.45) is 3.82. The summed E-state index contributed by atoms with van der Waals surface area (Å²) in [4.78, 5) is 4.19. The molecule has 1 fully saturated rings. The summed E-state index contributed by atoms with van der Waals surface area (Å²) in [7, 11) is 0. The molecule has 0 aromatic carbocycles. The van der Waals surface area contributed by atoms with Gasteiger partial charge in [-0.25, -0.2) is 0 Å². The maximum atomic E-state index is 6.00. The minimum atomic E-state index is 0.259. The topological polar surface area (TPSA) is 38.9 Å². The molecule has 0 saturated heterocycles. The van der Waals surface area contributed by atoms with Crippen LogP contribution in [0.5, 0.6) is 0 Å². The van der Waals surface area contributed by atoms with E-state index in [2.05, 4.69) is 31.8 Å². The largest absolute Gasteiger partial charge is 0.327 e. The van der Waals surface area contributed by atoms with Gasteiger partial charge in [0.15, 0.2) is 0 Å². The molecular formula is C11H16N2. The number of nitrogens with zero attached hydrogens (tertiary/aromatic N) is 1. The fourth-order valence-corrected chi connectivity index (χ4v) is 2.06. The molecule has 0 amide bonds. The van der Waals surface area contributed by atoms with E-state index in [-0.39, 0.29) is 5.41 Å². The van der Waals surface area contributed by atoms with Crippen LogP contribution in [0.3, 0.4) is 0 Å². The van der Waals surface area contributed by atoms with Gasteiger partial charge in [0.25, 0.3) is 0 Å². The zero-order valence-electron chi connectivity index (χ0n) is 8.41. The van der Waals surface area contributed by atoms with Gasteiger partial charge < -0.3 is 5.73 Å². The summed E-state index contributed by atoms with van der Waals surface area (Å²) < 4.78 is 0. The van der Waals surface area contributed by atoms with Crippen molar-refractivity contribution in [2.24, 2.45) is 11.1 Å². The number of pyridine rings is 1. The van der Waals surface area contributed by atoms with Gasteiger partial charge in [0, 0.05) is 24.4 Å². The lowest BCUT2D eigenvalue weighted by Crippen LogP contribution is -2.06. The van der Waals surface area contributed by atoms with Crippen LogP contribution in [0, 0.1) is 12.3 Å². The Labute approximate surface area is 79.2 Å². The summed E-state index contributed by atoms with van der Waals surface area (Å²) in [5, 5.41) is 0. The van der Waals surface area contributed by atoms with Crippen LogP contribution in [0.15, 0.2) is 18.5 Å². The maximum Gasteiger partial charge on any atom is 0.0303 e. The second-order valence-corrected chi connectivity index (χ2v) is 4.62. The van der Waals surface area contributed by atoms with Crippen molar-refractivity contribution in [3.63, 3.8) is 0 Å². The van der Waals surface area contributed by atoms with E-state index in [0.29, 0.717) is 12.0 Å². The van der Waals surface area contributed by atoms with Gasteiger partial charge in [-0.15, -0.1) is 0 Å². The number of hydrogen-bond acceptors (Lipinski definition) is 2. The molecule has 0 aliphatic heterocycles. The number of aryl methyl sites for hydroxylation is 1. The minimum absolute atomic E-state index is 0.259. The second kappa shape index (κ2) is 2.55. The molecule has 1 saturated carbocycles. The fourth-order valence-electron chi connectivity index (χ4n) is 2.06. The van der Waals surface area contributed by atoms with Crippen molar-refractivity contribution in [1.29, 1.82) is 0 Å². The van der Waals surface area contributed by atoms with Crippen LogP contribution in [-0.2, 0) is 0 Å². The minimum Gasteiger partial charge on any atom is -0.327 e. The molecule has 1 heterocycles. The lowest BCUT2D eigenvalue weighted by molar-refractivity contribution is 0.598.